The van der Waals surface area contributed by atoms with Crippen molar-refractivity contribution >= 4 is 23.3 Å². The van der Waals surface area contributed by atoms with Crippen LogP contribution >= 0.6 is 0 Å². The molecule has 2 aromatic rings. The van der Waals surface area contributed by atoms with Crippen molar-refractivity contribution in [2.45, 2.75) is 44.8 Å². The number of carbonyl (C=O) groups is 2. The molecule has 0 aliphatic carbocycles. The minimum Gasteiger partial charge on any atom is -0.386 e. The van der Waals surface area contributed by atoms with Crippen LogP contribution in [0.5, 0.6) is 0 Å². The molecule has 1 spiro atoms. The maximum atomic E-state index is 12.8. The zero-order chi connectivity index (χ0) is 21.7. The molecule has 3 amide bonds. The lowest BCUT2D eigenvalue weighted by Gasteiger charge is -2.38. The van der Waals surface area contributed by atoms with E-state index in [9.17, 15) is 9.59 Å². The van der Waals surface area contributed by atoms with Crippen LogP contribution in [0, 0.1) is 0 Å². The van der Waals surface area contributed by atoms with Crippen molar-refractivity contribution in [1.29, 1.82) is 0 Å². The Labute approximate surface area is 181 Å². The first-order valence-corrected chi connectivity index (χ1v) is 10.6. The molecule has 8 heteroatoms. The van der Waals surface area contributed by atoms with Crippen LogP contribution in [-0.4, -0.2) is 46.2 Å². The number of aryl methyl sites for hydroxylation is 1. The van der Waals surface area contributed by atoms with Crippen molar-refractivity contribution < 1.29 is 14.4 Å². The van der Waals surface area contributed by atoms with Gasteiger partial charge in [-0.1, -0.05) is 30.3 Å². The number of hydrogen-bond acceptors (Lipinski definition) is 5. The van der Waals surface area contributed by atoms with Crippen molar-refractivity contribution in [2.24, 2.45) is 5.16 Å². The van der Waals surface area contributed by atoms with Gasteiger partial charge in [0.2, 0.25) is 0 Å². The van der Waals surface area contributed by atoms with Gasteiger partial charge in [0.25, 0.3) is 5.91 Å². The highest BCUT2D eigenvalue weighted by Crippen LogP contribution is 2.33. The summed E-state index contributed by atoms with van der Waals surface area (Å²) in [6.45, 7) is 3.52. The smallest absolute Gasteiger partial charge is 0.321 e. The molecule has 0 bridgehead atoms. The van der Waals surface area contributed by atoms with Crippen LogP contribution in [0.3, 0.4) is 0 Å². The van der Waals surface area contributed by atoms with Gasteiger partial charge in [-0.15, -0.1) is 0 Å². The first-order valence-electron chi connectivity index (χ1n) is 10.6. The average Bonchev–Trinajstić information content (AvgIpc) is 3.21. The molecular formula is C23H27N5O3. The van der Waals surface area contributed by atoms with E-state index in [2.05, 4.69) is 27.7 Å². The van der Waals surface area contributed by atoms with E-state index < -0.39 is 5.60 Å². The van der Waals surface area contributed by atoms with Crippen LogP contribution in [0.25, 0.3) is 0 Å². The number of pyridine rings is 1. The summed E-state index contributed by atoms with van der Waals surface area (Å²) in [5.41, 5.74) is 2.63. The number of piperidine rings is 1. The van der Waals surface area contributed by atoms with Gasteiger partial charge in [0.1, 0.15) is 5.71 Å². The predicted octanol–water partition coefficient (Wildman–Crippen LogP) is 3.10. The van der Waals surface area contributed by atoms with Gasteiger partial charge in [-0.2, -0.15) is 0 Å². The third-order valence-corrected chi connectivity index (χ3v) is 5.72. The Bertz CT molecular complexity index is 961. The first-order chi connectivity index (χ1) is 15.1. The van der Waals surface area contributed by atoms with E-state index >= 15 is 0 Å². The van der Waals surface area contributed by atoms with Crippen LogP contribution in [0.15, 0.2) is 53.9 Å². The van der Waals surface area contributed by atoms with Crippen LogP contribution in [0.2, 0.25) is 0 Å². The Hall–Kier alpha value is -3.42. The Balaban J connectivity index is 1.31. The summed E-state index contributed by atoms with van der Waals surface area (Å²) in [5, 5.41) is 9.86. The molecule has 1 atom stereocenters. The summed E-state index contributed by atoms with van der Waals surface area (Å²) < 4.78 is 0. The molecule has 1 aromatic carbocycles. The largest absolute Gasteiger partial charge is 0.386 e. The number of aromatic nitrogens is 1. The highest BCUT2D eigenvalue weighted by Gasteiger charge is 2.45. The van der Waals surface area contributed by atoms with E-state index in [0.29, 0.717) is 31.8 Å². The maximum Gasteiger partial charge on any atom is 0.321 e. The number of nitrogens with zero attached hydrogens (tertiary/aromatic N) is 3. The zero-order valence-electron chi connectivity index (χ0n) is 17.6. The van der Waals surface area contributed by atoms with Gasteiger partial charge < -0.3 is 20.4 Å². The van der Waals surface area contributed by atoms with E-state index in [0.717, 1.165) is 30.5 Å². The molecule has 3 heterocycles. The zero-order valence-corrected chi connectivity index (χ0v) is 17.6. The number of hydrogen-bond donors (Lipinski definition) is 2. The SMILES string of the molecule is CCc1ccc(NC(=O)N2CCC[C@@]3(CC(C(=O)NCc4cccnc4)=NO3)C2)cc1. The summed E-state index contributed by atoms with van der Waals surface area (Å²) in [5.74, 6) is -0.252. The molecule has 1 fully saturated rings. The molecular weight excluding hydrogens is 394 g/mol. The molecule has 1 aromatic heterocycles. The van der Waals surface area contributed by atoms with Crippen molar-refractivity contribution in [3.8, 4) is 0 Å². The second-order valence-electron chi connectivity index (χ2n) is 8.04. The fourth-order valence-corrected chi connectivity index (χ4v) is 3.95. The molecule has 1 saturated heterocycles. The molecule has 2 N–H and O–H groups in total. The van der Waals surface area contributed by atoms with Crippen molar-refractivity contribution in [1.82, 2.24) is 15.2 Å². The number of anilines is 1. The summed E-state index contributed by atoms with van der Waals surface area (Å²) in [6.07, 6.45) is 6.30. The molecule has 0 saturated carbocycles. The van der Waals surface area contributed by atoms with E-state index in [1.54, 1.807) is 17.3 Å². The van der Waals surface area contributed by atoms with Crippen LogP contribution in [0.1, 0.15) is 37.3 Å². The maximum absolute atomic E-state index is 12.8. The van der Waals surface area contributed by atoms with Crippen molar-refractivity contribution in [3.63, 3.8) is 0 Å². The number of benzene rings is 1. The number of amides is 3. The molecule has 8 nitrogen and oxygen atoms in total. The lowest BCUT2D eigenvalue weighted by molar-refractivity contribution is -0.115. The number of rotatable bonds is 5. The number of urea groups is 1. The van der Waals surface area contributed by atoms with Gasteiger partial charge in [-0.3, -0.25) is 9.78 Å². The van der Waals surface area contributed by atoms with E-state index in [4.69, 9.17) is 4.84 Å². The monoisotopic (exact) mass is 421 g/mol. The van der Waals surface area contributed by atoms with Crippen molar-refractivity contribution in [2.75, 3.05) is 18.4 Å². The average molecular weight is 422 g/mol. The number of oxime groups is 1. The normalized spacial score (nSPS) is 20.2. The molecule has 2 aliphatic heterocycles. The van der Waals surface area contributed by atoms with Crippen LogP contribution in [-0.2, 0) is 22.6 Å². The molecule has 4 rings (SSSR count). The lowest BCUT2D eigenvalue weighted by Crippen LogP contribution is -2.52. The topological polar surface area (TPSA) is 95.9 Å². The first kappa shape index (κ1) is 20.8. The van der Waals surface area contributed by atoms with Crippen LogP contribution < -0.4 is 10.6 Å². The highest BCUT2D eigenvalue weighted by molar-refractivity contribution is 6.39. The number of carbonyl (C=O) groups excluding carboxylic acids is 2. The van der Waals surface area contributed by atoms with Gasteiger partial charge >= 0.3 is 6.03 Å². The van der Waals surface area contributed by atoms with Gasteiger partial charge in [0.05, 0.1) is 6.54 Å². The third kappa shape index (κ3) is 5.02. The Morgan fingerprint density at radius 3 is 2.77 bits per heavy atom. The number of nitrogens with one attached hydrogen (secondary N) is 2. The number of likely N-dealkylation sites (tertiary alicyclic amines) is 1. The molecule has 31 heavy (non-hydrogen) atoms. The fraction of sp³-hybridized carbons (Fsp3) is 0.391. The Morgan fingerprint density at radius 2 is 2.03 bits per heavy atom. The van der Waals surface area contributed by atoms with Gasteiger partial charge in [0, 0.05) is 37.6 Å². The second-order valence-corrected chi connectivity index (χ2v) is 8.04. The molecule has 0 radical (unpaired) electrons. The third-order valence-electron chi connectivity index (χ3n) is 5.72. The Morgan fingerprint density at radius 1 is 1.19 bits per heavy atom. The second kappa shape index (κ2) is 9.16. The fourth-order valence-electron chi connectivity index (χ4n) is 3.95. The van der Waals surface area contributed by atoms with Crippen LogP contribution in [0.4, 0.5) is 10.5 Å². The molecule has 162 valence electrons. The van der Waals surface area contributed by atoms with Gasteiger partial charge in [-0.05, 0) is 48.6 Å². The van der Waals surface area contributed by atoms with E-state index in [1.165, 1.54) is 5.56 Å². The lowest BCUT2D eigenvalue weighted by atomic mass is 9.88. The highest BCUT2D eigenvalue weighted by atomic mass is 16.7. The summed E-state index contributed by atoms with van der Waals surface area (Å²) in [6, 6.07) is 11.4. The van der Waals surface area contributed by atoms with E-state index in [-0.39, 0.29) is 11.9 Å². The van der Waals surface area contributed by atoms with E-state index in [1.807, 2.05) is 36.4 Å². The predicted molar refractivity (Wildman–Crippen MR) is 118 cm³/mol. The molecule has 0 unspecified atom stereocenters. The van der Waals surface area contributed by atoms with Gasteiger partial charge in [0.15, 0.2) is 5.60 Å². The Kier molecular flexibility index (Phi) is 6.16. The summed E-state index contributed by atoms with van der Waals surface area (Å²) in [7, 11) is 0. The summed E-state index contributed by atoms with van der Waals surface area (Å²) >= 11 is 0. The standard InChI is InChI=1S/C23H27N5O3/c1-2-17-6-8-19(9-7-17)26-22(30)28-12-4-10-23(16-28)13-20(27-31-23)21(29)25-15-18-5-3-11-24-14-18/h3,5-9,11,14H,2,4,10,12-13,15-16H2,1H3,(H,25,29)(H,26,30)/t23-/m1/s1. The summed E-state index contributed by atoms with van der Waals surface area (Å²) in [4.78, 5) is 36.8. The molecule has 2 aliphatic rings. The quantitative estimate of drug-likeness (QED) is 0.775. The minimum atomic E-state index is -0.636. The van der Waals surface area contributed by atoms with Gasteiger partial charge in [-0.25, -0.2) is 4.79 Å². The van der Waals surface area contributed by atoms with Crippen molar-refractivity contribution in [3.05, 3.63) is 59.9 Å². The minimum absolute atomic E-state index is 0.165.